The number of urea groups is 1. The van der Waals surface area contributed by atoms with Crippen molar-refractivity contribution in [2.24, 2.45) is 5.41 Å². The average molecular weight is 264 g/mol. The number of hydrogen-bond acceptors (Lipinski definition) is 2. The van der Waals surface area contributed by atoms with Gasteiger partial charge in [0, 0.05) is 11.7 Å². The van der Waals surface area contributed by atoms with Crippen LogP contribution in [0.5, 0.6) is 0 Å². The van der Waals surface area contributed by atoms with E-state index in [4.69, 9.17) is 5.11 Å². The topological polar surface area (TPSA) is 78.4 Å². The van der Waals surface area contributed by atoms with Crippen molar-refractivity contribution in [1.29, 1.82) is 0 Å². The fraction of sp³-hybridized carbons (Fsp3) is 0.429. The minimum absolute atomic E-state index is 0.0193. The van der Waals surface area contributed by atoms with E-state index in [0.29, 0.717) is 5.69 Å². The maximum Gasteiger partial charge on any atom is 0.335 e. The van der Waals surface area contributed by atoms with Crippen LogP contribution in [0.3, 0.4) is 0 Å². The highest BCUT2D eigenvalue weighted by Gasteiger charge is 2.21. The van der Waals surface area contributed by atoms with Crippen LogP contribution in [0, 0.1) is 5.41 Å². The van der Waals surface area contributed by atoms with Gasteiger partial charge < -0.3 is 15.7 Å². The van der Waals surface area contributed by atoms with E-state index in [9.17, 15) is 9.59 Å². The normalized spacial score (nSPS) is 12.6. The summed E-state index contributed by atoms with van der Waals surface area (Å²) in [5.74, 6) is -0.989. The van der Waals surface area contributed by atoms with Gasteiger partial charge in [0.15, 0.2) is 0 Å². The molecule has 2 amide bonds. The van der Waals surface area contributed by atoms with E-state index in [1.54, 1.807) is 12.1 Å². The first kappa shape index (κ1) is 15.0. The third kappa shape index (κ3) is 4.62. The van der Waals surface area contributed by atoms with Crippen LogP contribution in [0.2, 0.25) is 0 Å². The Morgan fingerprint density at radius 3 is 2.11 bits per heavy atom. The zero-order chi connectivity index (χ0) is 14.6. The van der Waals surface area contributed by atoms with Gasteiger partial charge in [0.1, 0.15) is 0 Å². The van der Waals surface area contributed by atoms with Crippen molar-refractivity contribution in [3.63, 3.8) is 0 Å². The summed E-state index contributed by atoms with van der Waals surface area (Å²) < 4.78 is 0. The van der Waals surface area contributed by atoms with Crippen LogP contribution in [0.4, 0.5) is 10.5 Å². The molecule has 0 saturated heterocycles. The minimum atomic E-state index is -0.989. The summed E-state index contributed by atoms with van der Waals surface area (Å²) in [5, 5.41) is 14.3. The van der Waals surface area contributed by atoms with Gasteiger partial charge in [-0.15, -0.1) is 0 Å². The number of amides is 2. The van der Waals surface area contributed by atoms with Gasteiger partial charge in [-0.1, -0.05) is 20.8 Å². The molecule has 1 atom stereocenters. The van der Waals surface area contributed by atoms with Gasteiger partial charge in [0.25, 0.3) is 0 Å². The molecule has 0 aliphatic heterocycles. The lowest BCUT2D eigenvalue weighted by atomic mass is 9.88. The summed E-state index contributed by atoms with van der Waals surface area (Å²) in [4.78, 5) is 22.4. The molecular formula is C14H20N2O3. The summed E-state index contributed by atoms with van der Waals surface area (Å²) in [6.07, 6.45) is 0. The molecule has 1 unspecified atom stereocenters. The Labute approximate surface area is 113 Å². The lowest BCUT2D eigenvalue weighted by molar-refractivity contribution is 0.0697. The second-order valence-corrected chi connectivity index (χ2v) is 5.57. The summed E-state index contributed by atoms with van der Waals surface area (Å²) in [6.45, 7) is 8.06. The number of anilines is 1. The maximum absolute atomic E-state index is 11.7. The van der Waals surface area contributed by atoms with Crippen LogP contribution in [0.25, 0.3) is 0 Å². The Morgan fingerprint density at radius 2 is 1.68 bits per heavy atom. The lowest BCUT2D eigenvalue weighted by Gasteiger charge is -2.28. The van der Waals surface area contributed by atoms with E-state index in [0.717, 1.165) is 0 Å². The predicted molar refractivity (Wildman–Crippen MR) is 74.5 cm³/mol. The first-order valence-corrected chi connectivity index (χ1v) is 6.11. The van der Waals surface area contributed by atoms with E-state index >= 15 is 0 Å². The number of benzene rings is 1. The molecule has 0 saturated carbocycles. The van der Waals surface area contributed by atoms with E-state index in [1.807, 2.05) is 27.7 Å². The molecule has 19 heavy (non-hydrogen) atoms. The monoisotopic (exact) mass is 264 g/mol. The standard InChI is InChI=1S/C14H20N2O3/c1-9(14(2,3)4)15-13(19)16-11-7-5-10(6-8-11)12(17)18/h5-9H,1-4H3,(H,17,18)(H2,15,16,19). The van der Waals surface area contributed by atoms with Gasteiger partial charge in [-0.2, -0.15) is 0 Å². The van der Waals surface area contributed by atoms with Crippen LogP contribution >= 0.6 is 0 Å². The molecule has 5 nitrogen and oxygen atoms in total. The number of aromatic carboxylic acids is 1. The molecule has 0 radical (unpaired) electrons. The van der Waals surface area contributed by atoms with E-state index < -0.39 is 5.97 Å². The van der Waals surface area contributed by atoms with E-state index in [2.05, 4.69) is 10.6 Å². The molecular weight excluding hydrogens is 244 g/mol. The molecule has 0 aliphatic rings. The van der Waals surface area contributed by atoms with Crippen LogP contribution in [0.1, 0.15) is 38.1 Å². The first-order chi connectivity index (χ1) is 8.70. The van der Waals surface area contributed by atoms with Crippen LogP contribution in [0.15, 0.2) is 24.3 Å². The van der Waals surface area contributed by atoms with Gasteiger partial charge >= 0.3 is 12.0 Å². The summed E-state index contributed by atoms with van der Waals surface area (Å²) in [5.41, 5.74) is 0.724. The molecule has 1 rings (SSSR count). The maximum atomic E-state index is 11.7. The van der Waals surface area contributed by atoms with Crippen molar-refractivity contribution in [1.82, 2.24) is 5.32 Å². The summed E-state index contributed by atoms with van der Waals surface area (Å²) >= 11 is 0. The predicted octanol–water partition coefficient (Wildman–Crippen LogP) is 2.94. The SMILES string of the molecule is CC(NC(=O)Nc1ccc(C(=O)O)cc1)C(C)(C)C. The highest BCUT2D eigenvalue weighted by molar-refractivity contribution is 5.91. The van der Waals surface area contributed by atoms with Crippen LogP contribution in [-0.2, 0) is 0 Å². The van der Waals surface area contributed by atoms with Gasteiger partial charge in [-0.05, 0) is 36.6 Å². The molecule has 0 bridgehead atoms. The van der Waals surface area contributed by atoms with Crippen molar-refractivity contribution in [2.75, 3.05) is 5.32 Å². The number of carboxylic acid groups (broad SMARTS) is 1. The van der Waals surface area contributed by atoms with Crippen molar-refractivity contribution < 1.29 is 14.7 Å². The largest absolute Gasteiger partial charge is 0.478 e. The molecule has 5 heteroatoms. The average Bonchev–Trinajstić information content (AvgIpc) is 2.28. The molecule has 0 heterocycles. The van der Waals surface area contributed by atoms with Gasteiger partial charge in [-0.25, -0.2) is 9.59 Å². The van der Waals surface area contributed by atoms with Gasteiger partial charge in [0.05, 0.1) is 5.56 Å². The van der Waals surface area contributed by atoms with Crippen molar-refractivity contribution in [2.45, 2.75) is 33.7 Å². The first-order valence-electron chi connectivity index (χ1n) is 6.11. The Kier molecular flexibility index (Phi) is 4.53. The van der Waals surface area contributed by atoms with Crippen molar-refractivity contribution in [3.8, 4) is 0 Å². The molecule has 1 aromatic rings. The minimum Gasteiger partial charge on any atom is -0.478 e. The molecule has 104 valence electrons. The van der Waals surface area contributed by atoms with Crippen LogP contribution in [-0.4, -0.2) is 23.1 Å². The number of hydrogen-bond donors (Lipinski definition) is 3. The molecule has 0 spiro atoms. The van der Waals surface area contributed by atoms with Gasteiger partial charge in [-0.3, -0.25) is 0 Å². The van der Waals surface area contributed by atoms with Gasteiger partial charge in [0.2, 0.25) is 0 Å². The highest BCUT2D eigenvalue weighted by atomic mass is 16.4. The second-order valence-electron chi connectivity index (χ2n) is 5.57. The number of carbonyl (C=O) groups excluding carboxylic acids is 1. The third-order valence-electron chi connectivity index (χ3n) is 3.04. The number of nitrogens with one attached hydrogen (secondary N) is 2. The zero-order valence-corrected chi connectivity index (χ0v) is 11.7. The van der Waals surface area contributed by atoms with Crippen LogP contribution < -0.4 is 10.6 Å². The number of carboxylic acids is 1. The fourth-order valence-electron chi connectivity index (χ4n) is 1.28. The zero-order valence-electron chi connectivity index (χ0n) is 11.7. The quantitative estimate of drug-likeness (QED) is 0.785. The Bertz CT molecular complexity index is 461. The second kappa shape index (κ2) is 5.73. The van der Waals surface area contributed by atoms with Crippen molar-refractivity contribution >= 4 is 17.7 Å². The number of rotatable bonds is 3. The Hall–Kier alpha value is -2.04. The van der Waals surface area contributed by atoms with E-state index in [-0.39, 0.29) is 23.1 Å². The fourth-order valence-corrected chi connectivity index (χ4v) is 1.28. The van der Waals surface area contributed by atoms with E-state index in [1.165, 1.54) is 12.1 Å². The summed E-state index contributed by atoms with van der Waals surface area (Å²) in [7, 11) is 0. The number of carbonyl (C=O) groups is 2. The molecule has 0 fully saturated rings. The Balaban J connectivity index is 2.60. The van der Waals surface area contributed by atoms with Crippen molar-refractivity contribution in [3.05, 3.63) is 29.8 Å². The highest BCUT2D eigenvalue weighted by Crippen LogP contribution is 2.18. The molecule has 3 N–H and O–H groups in total. The molecule has 0 aliphatic carbocycles. The molecule has 0 aromatic heterocycles. The lowest BCUT2D eigenvalue weighted by Crippen LogP contribution is -2.43. The Morgan fingerprint density at radius 1 is 1.16 bits per heavy atom. The smallest absolute Gasteiger partial charge is 0.335 e. The molecule has 1 aromatic carbocycles. The summed E-state index contributed by atoms with van der Waals surface area (Å²) in [6, 6.07) is 5.74. The third-order valence-corrected chi connectivity index (χ3v) is 3.04.